The fourth-order valence-corrected chi connectivity index (χ4v) is 7.07. The summed E-state index contributed by atoms with van der Waals surface area (Å²) >= 11 is 0. The molecule has 1 aliphatic carbocycles. The van der Waals surface area contributed by atoms with Crippen molar-refractivity contribution in [2.24, 2.45) is 0 Å². The molecule has 0 heterocycles. The first kappa shape index (κ1) is 34.6. The number of hydrogen-bond donors (Lipinski definition) is 0. The fraction of sp³-hybridized carbons (Fsp3) is 0.385. The zero-order chi connectivity index (χ0) is 34.0. The molecular weight excluding hydrogens is 620 g/mol. The topological polar surface area (TPSA) is 0 Å². The summed E-state index contributed by atoms with van der Waals surface area (Å²) in [6.07, 6.45) is -0.316. The highest BCUT2D eigenvalue weighted by Crippen LogP contribution is 2.56. The van der Waals surface area contributed by atoms with E-state index >= 15 is 0 Å². The van der Waals surface area contributed by atoms with E-state index in [4.69, 9.17) is 0 Å². The summed E-state index contributed by atoms with van der Waals surface area (Å²) < 4.78 is 110. The number of fused-ring (bicyclic) bond motifs is 3. The first-order valence-electron chi connectivity index (χ1n) is 16.3. The van der Waals surface area contributed by atoms with Gasteiger partial charge in [-0.05, 0) is 93.7 Å². The van der Waals surface area contributed by atoms with Gasteiger partial charge in [0.2, 0.25) is 0 Å². The Balaban J connectivity index is 1.69. The highest BCUT2D eigenvalue weighted by molar-refractivity contribution is 5.86. The third-order valence-corrected chi connectivity index (χ3v) is 9.48. The quantitative estimate of drug-likeness (QED) is 0.105. The molecule has 0 aliphatic heterocycles. The van der Waals surface area contributed by atoms with E-state index in [1.165, 1.54) is 12.1 Å². The lowest BCUT2D eigenvalue weighted by Crippen LogP contribution is -2.25. The van der Waals surface area contributed by atoms with Crippen LogP contribution in [0.5, 0.6) is 0 Å². The largest absolute Gasteiger partial charge is 0.419 e. The molecule has 1 aliphatic rings. The molecule has 0 radical (unpaired) electrons. The molecule has 4 aromatic carbocycles. The van der Waals surface area contributed by atoms with Gasteiger partial charge in [-0.2, -0.15) is 26.3 Å². The summed E-state index contributed by atoms with van der Waals surface area (Å²) in [5.74, 6) is -2.67. The minimum absolute atomic E-state index is 0.245. The van der Waals surface area contributed by atoms with Crippen LogP contribution in [0.25, 0.3) is 33.4 Å². The van der Waals surface area contributed by atoms with Crippen molar-refractivity contribution in [1.82, 2.24) is 0 Å². The van der Waals surface area contributed by atoms with Crippen LogP contribution in [0, 0.1) is 11.6 Å². The number of benzene rings is 4. The first-order chi connectivity index (χ1) is 22.3. The maximum absolute atomic E-state index is 14.2. The minimum atomic E-state index is -4.85. The molecule has 0 fully saturated rings. The second-order valence-electron chi connectivity index (χ2n) is 12.6. The Kier molecular flexibility index (Phi) is 10.2. The Morgan fingerprint density at radius 3 is 1.19 bits per heavy atom. The standard InChI is InChI=1S/C39H38F8/c1-3-5-7-9-19-37(20-10-8-6-4-2)31-21-25(27-13-17-35(40)33(23-27)38(42,43)44)11-15-29(31)30-16-12-26(22-32(30)37)28-14-18-36(41)34(24-28)39(45,46)47/h11-18,21-24H,3-10,19-20H2,1-2H3. The van der Waals surface area contributed by atoms with Gasteiger partial charge in [0, 0.05) is 5.41 Å². The lowest BCUT2D eigenvalue weighted by molar-refractivity contribution is -0.140. The van der Waals surface area contributed by atoms with Crippen molar-refractivity contribution < 1.29 is 35.1 Å². The molecule has 0 N–H and O–H groups in total. The molecule has 0 saturated carbocycles. The van der Waals surface area contributed by atoms with Crippen molar-refractivity contribution in [1.29, 1.82) is 0 Å². The van der Waals surface area contributed by atoms with E-state index in [1.54, 1.807) is 12.1 Å². The van der Waals surface area contributed by atoms with Crippen molar-refractivity contribution in [3.8, 4) is 33.4 Å². The normalized spacial score (nSPS) is 13.9. The molecule has 0 atom stereocenters. The van der Waals surface area contributed by atoms with Gasteiger partial charge in [-0.25, -0.2) is 8.78 Å². The highest BCUT2D eigenvalue weighted by Gasteiger charge is 2.43. The van der Waals surface area contributed by atoms with Crippen LogP contribution in [0.15, 0.2) is 72.8 Å². The van der Waals surface area contributed by atoms with Crippen molar-refractivity contribution in [3.63, 3.8) is 0 Å². The monoisotopic (exact) mass is 658 g/mol. The number of halogens is 8. The minimum Gasteiger partial charge on any atom is -0.206 e. The lowest BCUT2D eigenvalue weighted by Gasteiger charge is -2.33. The number of hydrogen-bond acceptors (Lipinski definition) is 0. The molecule has 47 heavy (non-hydrogen) atoms. The van der Waals surface area contributed by atoms with Crippen molar-refractivity contribution >= 4 is 0 Å². The molecule has 0 nitrogen and oxygen atoms in total. The van der Waals surface area contributed by atoms with Gasteiger partial charge in [-0.15, -0.1) is 0 Å². The van der Waals surface area contributed by atoms with E-state index in [2.05, 4.69) is 13.8 Å². The summed E-state index contributed by atoms with van der Waals surface area (Å²) in [4.78, 5) is 0. The van der Waals surface area contributed by atoms with Crippen molar-refractivity contribution in [2.75, 3.05) is 0 Å². The van der Waals surface area contributed by atoms with Crippen LogP contribution in [0.3, 0.4) is 0 Å². The molecule has 250 valence electrons. The Labute approximate surface area is 270 Å². The fourth-order valence-electron chi connectivity index (χ4n) is 7.07. The van der Waals surface area contributed by atoms with Crippen LogP contribution in [0.2, 0.25) is 0 Å². The van der Waals surface area contributed by atoms with E-state index in [0.29, 0.717) is 11.1 Å². The van der Waals surface area contributed by atoms with Crippen LogP contribution >= 0.6 is 0 Å². The zero-order valence-electron chi connectivity index (χ0n) is 26.5. The molecule has 0 aromatic heterocycles. The van der Waals surface area contributed by atoms with Gasteiger partial charge in [-0.3, -0.25) is 0 Å². The summed E-state index contributed by atoms with van der Waals surface area (Å²) in [7, 11) is 0. The van der Waals surface area contributed by atoms with E-state index < -0.39 is 40.5 Å². The van der Waals surface area contributed by atoms with Crippen molar-refractivity contribution in [2.45, 2.75) is 95.8 Å². The zero-order valence-corrected chi connectivity index (χ0v) is 26.5. The average molecular weight is 659 g/mol. The average Bonchev–Trinajstić information content (AvgIpc) is 3.29. The summed E-state index contributed by atoms with van der Waals surface area (Å²) in [5, 5.41) is 0. The van der Waals surface area contributed by atoms with Gasteiger partial charge in [-0.1, -0.05) is 102 Å². The smallest absolute Gasteiger partial charge is 0.206 e. The molecular formula is C39H38F8. The molecule has 0 unspecified atom stereocenters. The number of rotatable bonds is 12. The van der Waals surface area contributed by atoms with Crippen molar-refractivity contribution in [3.05, 3.63) is 107 Å². The summed E-state index contributed by atoms with van der Waals surface area (Å²) in [6.45, 7) is 4.24. The van der Waals surface area contributed by atoms with E-state index in [1.807, 2.05) is 24.3 Å². The van der Waals surface area contributed by atoms with E-state index in [0.717, 1.165) is 111 Å². The molecule has 8 heteroatoms. The Hall–Kier alpha value is -3.68. The van der Waals surface area contributed by atoms with Gasteiger partial charge in [0.05, 0.1) is 11.1 Å². The van der Waals surface area contributed by atoms with Gasteiger partial charge < -0.3 is 0 Å². The van der Waals surface area contributed by atoms with E-state index in [9.17, 15) is 35.1 Å². The second-order valence-corrected chi connectivity index (χ2v) is 12.6. The first-order valence-corrected chi connectivity index (χ1v) is 16.3. The van der Waals surface area contributed by atoms with Gasteiger partial charge >= 0.3 is 12.4 Å². The lowest BCUT2D eigenvalue weighted by atomic mass is 9.70. The Morgan fingerprint density at radius 1 is 0.468 bits per heavy atom. The third-order valence-electron chi connectivity index (χ3n) is 9.48. The van der Waals surface area contributed by atoms with Crippen LogP contribution in [0.1, 0.15) is 100 Å². The SMILES string of the molecule is CCCCCCC1(CCCCCC)c2cc(-c3ccc(F)c(C(F)(F)F)c3)ccc2-c2ccc(-c3ccc(F)c(C(F)(F)F)c3)cc21. The van der Waals surface area contributed by atoms with Crippen LogP contribution < -0.4 is 0 Å². The Bertz CT molecular complexity index is 1590. The van der Waals surface area contributed by atoms with Crippen LogP contribution in [0.4, 0.5) is 35.1 Å². The Morgan fingerprint density at radius 2 is 0.830 bits per heavy atom. The number of alkyl halides is 6. The van der Waals surface area contributed by atoms with Gasteiger partial charge in [0.15, 0.2) is 0 Å². The molecule has 0 saturated heterocycles. The maximum Gasteiger partial charge on any atom is 0.419 e. The van der Waals surface area contributed by atoms with Gasteiger partial charge in [0.1, 0.15) is 11.6 Å². The predicted octanol–water partition coefficient (Wildman–Crippen LogP) is 13.5. The predicted molar refractivity (Wildman–Crippen MR) is 171 cm³/mol. The highest BCUT2D eigenvalue weighted by atomic mass is 19.4. The maximum atomic E-state index is 14.2. The van der Waals surface area contributed by atoms with E-state index in [-0.39, 0.29) is 11.1 Å². The molecule has 0 amide bonds. The molecule has 0 spiro atoms. The van der Waals surface area contributed by atoms with Crippen LogP contribution in [-0.2, 0) is 17.8 Å². The summed E-state index contributed by atoms with van der Waals surface area (Å²) in [6, 6.07) is 17.2. The third kappa shape index (κ3) is 7.12. The molecule has 5 rings (SSSR count). The van der Waals surface area contributed by atoms with Crippen LogP contribution in [-0.4, -0.2) is 0 Å². The second kappa shape index (κ2) is 13.8. The molecule has 0 bridgehead atoms. The van der Waals surface area contributed by atoms with Gasteiger partial charge in [0.25, 0.3) is 0 Å². The summed E-state index contributed by atoms with van der Waals surface area (Å²) in [5.41, 5.74) is 2.13. The number of unbranched alkanes of at least 4 members (excludes halogenated alkanes) is 6. The molecule has 4 aromatic rings.